The molecule has 94 valence electrons. The number of halogens is 1. The molecular weight excluding hydrogens is 249 g/mol. The van der Waals surface area contributed by atoms with Crippen LogP contribution >= 0.6 is 11.8 Å². The average molecular weight is 263 g/mol. The maximum atomic E-state index is 14.0. The third kappa shape index (κ3) is 2.10. The molecule has 0 spiro atoms. The molecule has 1 saturated carbocycles. The Labute approximate surface area is 109 Å². The zero-order chi connectivity index (χ0) is 12.7. The van der Waals surface area contributed by atoms with E-state index in [-0.39, 0.29) is 5.82 Å². The normalized spacial score (nSPS) is 15.0. The summed E-state index contributed by atoms with van der Waals surface area (Å²) in [5.74, 6) is 0.379. The number of anilines is 1. The van der Waals surface area contributed by atoms with E-state index in [1.165, 1.54) is 18.9 Å². The molecule has 1 aliphatic rings. The summed E-state index contributed by atoms with van der Waals surface area (Å²) in [6.07, 6.45) is 4.06. The second kappa shape index (κ2) is 4.31. The van der Waals surface area contributed by atoms with Crippen molar-refractivity contribution >= 4 is 17.6 Å². The molecule has 0 saturated heterocycles. The molecule has 1 aliphatic carbocycles. The van der Waals surface area contributed by atoms with Gasteiger partial charge < -0.3 is 5.73 Å². The van der Waals surface area contributed by atoms with Crippen LogP contribution < -0.4 is 5.73 Å². The van der Waals surface area contributed by atoms with E-state index in [1.807, 2.05) is 12.1 Å². The second-order valence-electron chi connectivity index (χ2n) is 4.53. The highest BCUT2D eigenvalue weighted by molar-refractivity contribution is 8.00. The molecule has 0 radical (unpaired) electrons. The molecule has 0 bridgehead atoms. The summed E-state index contributed by atoms with van der Waals surface area (Å²) in [6, 6.07) is 5.28. The van der Waals surface area contributed by atoms with Crippen LogP contribution in [-0.2, 0) is 7.05 Å². The van der Waals surface area contributed by atoms with E-state index in [0.29, 0.717) is 11.1 Å². The monoisotopic (exact) mass is 263 g/mol. The predicted octanol–water partition coefficient (Wildman–Crippen LogP) is 3.06. The van der Waals surface area contributed by atoms with Gasteiger partial charge in [0.1, 0.15) is 11.6 Å². The summed E-state index contributed by atoms with van der Waals surface area (Å²) in [5, 5.41) is 4.67. The maximum absolute atomic E-state index is 14.0. The first-order chi connectivity index (χ1) is 8.65. The van der Waals surface area contributed by atoms with Crippen LogP contribution in [0.15, 0.2) is 29.3 Å². The molecule has 1 heterocycles. The van der Waals surface area contributed by atoms with Gasteiger partial charge in [-0.15, -0.1) is 11.8 Å². The topological polar surface area (TPSA) is 43.8 Å². The van der Waals surface area contributed by atoms with Crippen LogP contribution in [0.3, 0.4) is 0 Å². The summed E-state index contributed by atoms with van der Waals surface area (Å²) < 4.78 is 15.6. The lowest BCUT2D eigenvalue weighted by atomic mass is 10.1. The van der Waals surface area contributed by atoms with Crippen LogP contribution in [0.1, 0.15) is 12.8 Å². The fourth-order valence-corrected chi connectivity index (χ4v) is 2.85. The summed E-state index contributed by atoms with van der Waals surface area (Å²) in [5.41, 5.74) is 7.44. The first kappa shape index (κ1) is 11.6. The molecule has 0 atom stereocenters. The SMILES string of the molecule is Cn1ncc(-c2ccc(SC3CC3)c(F)c2)c1N. The number of hydrogen-bond acceptors (Lipinski definition) is 3. The molecular formula is C13H14FN3S. The van der Waals surface area contributed by atoms with Crippen LogP contribution in [0, 0.1) is 5.82 Å². The van der Waals surface area contributed by atoms with Crippen molar-refractivity contribution in [3.63, 3.8) is 0 Å². The smallest absolute Gasteiger partial charge is 0.137 e. The molecule has 18 heavy (non-hydrogen) atoms. The van der Waals surface area contributed by atoms with Gasteiger partial charge in [-0.2, -0.15) is 5.10 Å². The number of rotatable bonds is 3. The Kier molecular flexibility index (Phi) is 2.78. The third-order valence-electron chi connectivity index (χ3n) is 3.05. The fourth-order valence-electron chi connectivity index (χ4n) is 1.80. The van der Waals surface area contributed by atoms with Gasteiger partial charge in [0.05, 0.1) is 6.20 Å². The fraction of sp³-hybridized carbons (Fsp3) is 0.308. The molecule has 5 heteroatoms. The highest BCUT2D eigenvalue weighted by atomic mass is 32.2. The molecule has 2 N–H and O–H groups in total. The number of aryl methyl sites for hydroxylation is 1. The van der Waals surface area contributed by atoms with Gasteiger partial charge in [0.2, 0.25) is 0 Å². The standard InChI is InChI=1S/C13H14FN3S/c1-17-13(15)10(7-16-17)8-2-5-12(11(14)6-8)18-9-3-4-9/h2,5-7,9H,3-4,15H2,1H3. The Morgan fingerprint density at radius 2 is 2.22 bits per heavy atom. The Morgan fingerprint density at radius 1 is 1.44 bits per heavy atom. The lowest BCUT2D eigenvalue weighted by Gasteiger charge is -2.05. The molecule has 0 aliphatic heterocycles. The van der Waals surface area contributed by atoms with Crippen molar-refractivity contribution in [1.82, 2.24) is 9.78 Å². The molecule has 0 amide bonds. The van der Waals surface area contributed by atoms with Crippen LogP contribution in [-0.4, -0.2) is 15.0 Å². The molecule has 1 aromatic heterocycles. The Balaban J connectivity index is 1.93. The minimum Gasteiger partial charge on any atom is -0.383 e. The predicted molar refractivity (Wildman–Crippen MR) is 71.9 cm³/mol. The summed E-state index contributed by atoms with van der Waals surface area (Å²) in [6.45, 7) is 0. The lowest BCUT2D eigenvalue weighted by molar-refractivity contribution is 0.602. The zero-order valence-corrected chi connectivity index (χ0v) is 10.9. The average Bonchev–Trinajstić information content (AvgIpc) is 3.10. The second-order valence-corrected chi connectivity index (χ2v) is 5.87. The van der Waals surface area contributed by atoms with Crippen molar-refractivity contribution < 1.29 is 4.39 Å². The summed E-state index contributed by atoms with van der Waals surface area (Å²) >= 11 is 1.62. The molecule has 1 aromatic carbocycles. The number of thioether (sulfide) groups is 1. The highest BCUT2D eigenvalue weighted by Gasteiger charge is 2.24. The first-order valence-electron chi connectivity index (χ1n) is 5.89. The Bertz CT molecular complexity index is 590. The Hall–Kier alpha value is -1.49. The van der Waals surface area contributed by atoms with Gasteiger partial charge in [0.25, 0.3) is 0 Å². The number of nitrogens with two attached hydrogens (primary N) is 1. The van der Waals surface area contributed by atoms with Crippen molar-refractivity contribution in [2.24, 2.45) is 7.05 Å². The van der Waals surface area contributed by atoms with E-state index < -0.39 is 0 Å². The highest BCUT2D eigenvalue weighted by Crippen LogP contribution is 2.41. The first-order valence-corrected chi connectivity index (χ1v) is 6.77. The van der Waals surface area contributed by atoms with Crippen molar-refractivity contribution in [1.29, 1.82) is 0 Å². The minimum atomic E-state index is -0.173. The van der Waals surface area contributed by atoms with E-state index in [4.69, 9.17) is 5.73 Å². The summed E-state index contributed by atoms with van der Waals surface area (Å²) in [7, 11) is 1.77. The largest absolute Gasteiger partial charge is 0.383 e. The van der Waals surface area contributed by atoms with Crippen molar-refractivity contribution in [3.05, 3.63) is 30.2 Å². The summed E-state index contributed by atoms with van der Waals surface area (Å²) in [4.78, 5) is 0.726. The van der Waals surface area contributed by atoms with Crippen LogP contribution in [0.5, 0.6) is 0 Å². The Morgan fingerprint density at radius 3 is 2.78 bits per heavy atom. The van der Waals surface area contributed by atoms with Gasteiger partial charge in [-0.1, -0.05) is 6.07 Å². The molecule has 1 fully saturated rings. The minimum absolute atomic E-state index is 0.173. The zero-order valence-electron chi connectivity index (χ0n) is 10.1. The van der Waals surface area contributed by atoms with Gasteiger partial charge in [-0.3, -0.25) is 4.68 Å². The van der Waals surface area contributed by atoms with Gasteiger partial charge >= 0.3 is 0 Å². The van der Waals surface area contributed by atoms with Crippen molar-refractivity contribution in [2.45, 2.75) is 23.0 Å². The van der Waals surface area contributed by atoms with E-state index in [0.717, 1.165) is 16.0 Å². The number of aromatic nitrogens is 2. The van der Waals surface area contributed by atoms with E-state index in [9.17, 15) is 4.39 Å². The van der Waals surface area contributed by atoms with Crippen molar-refractivity contribution in [3.8, 4) is 11.1 Å². The van der Waals surface area contributed by atoms with E-state index in [2.05, 4.69) is 5.10 Å². The molecule has 0 unspecified atom stereocenters. The van der Waals surface area contributed by atoms with Crippen LogP contribution in [0.25, 0.3) is 11.1 Å². The molecule has 3 nitrogen and oxygen atoms in total. The van der Waals surface area contributed by atoms with Crippen LogP contribution in [0.2, 0.25) is 0 Å². The number of benzene rings is 1. The van der Waals surface area contributed by atoms with Gasteiger partial charge in [0.15, 0.2) is 0 Å². The molecule has 2 aromatic rings. The third-order valence-corrected chi connectivity index (χ3v) is 4.44. The van der Waals surface area contributed by atoms with Crippen LogP contribution in [0.4, 0.5) is 10.2 Å². The van der Waals surface area contributed by atoms with Gasteiger partial charge in [0, 0.05) is 22.8 Å². The maximum Gasteiger partial charge on any atom is 0.137 e. The van der Waals surface area contributed by atoms with E-state index in [1.54, 1.807) is 29.7 Å². The lowest BCUT2D eigenvalue weighted by Crippen LogP contribution is -1.98. The van der Waals surface area contributed by atoms with Gasteiger partial charge in [-0.05, 0) is 30.5 Å². The molecule has 3 rings (SSSR count). The number of nitrogens with zero attached hydrogens (tertiary/aromatic N) is 2. The van der Waals surface area contributed by atoms with Crippen molar-refractivity contribution in [2.75, 3.05) is 5.73 Å². The van der Waals surface area contributed by atoms with E-state index >= 15 is 0 Å². The van der Waals surface area contributed by atoms with Gasteiger partial charge in [-0.25, -0.2) is 4.39 Å². The number of nitrogen functional groups attached to an aromatic ring is 1. The number of hydrogen-bond donors (Lipinski definition) is 1. The quantitative estimate of drug-likeness (QED) is 0.925.